The summed E-state index contributed by atoms with van der Waals surface area (Å²) in [7, 11) is 0. The molecule has 0 fully saturated rings. The second-order valence-corrected chi connectivity index (χ2v) is 6.18. The summed E-state index contributed by atoms with van der Waals surface area (Å²) in [5.74, 6) is 3.44. The Morgan fingerprint density at radius 3 is 2.42 bits per heavy atom. The summed E-state index contributed by atoms with van der Waals surface area (Å²) >= 11 is 6.20. The Balaban J connectivity index is 1.57. The molecule has 1 aromatic heterocycles. The lowest BCUT2D eigenvalue weighted by Gasteiger charge is -2.19. The molecule has 0 bridgehead atoms. The lowest BCUT2D eigenvalue weighted by molar-refractivity contribution is 0.171. The summed E-state index contributed by atoms with van der Waals surface area (Å²) in [6, 6.07) is 15.0. The largest absolute Gasteiger partial charge is 0.486 e. The maximum Gasteiger partial charge on any atom is 0.163 e. The van der Waals surface area contributed by atoms with Gasteiger partial charge < -0.3 is 20.1 Å². The molecule has 2 N–H and O–H groups in total. The van der Waals surface area contributed by atoms with Crippen molar-refractivity contribution in [1.29, 1.82) is 0 Å². The topological polar surface area (TPSA) is 68.3 Å². The van der Waals surface area contributed by atoms with Gasteiger partial charge in [-0.2, -0.15) is 0 Å². The van der Waals surface area contributed by atoms with E-state index in [1.165, 1.54) is 0 Å². The zero-order valence-corrected chi connectivity index (χ0v) is 14.9. The molecule has 4 rings (SSSR count). The van der Waals surface area contributed by atoms with Gasteiger partial charge in [0.15, 0.2) is 11.5 Å². The van der Waals surface area contributed by atoms with Crippen LogP contribution in [-0.4, -0.2) is 23.2 Å². The van der Waals surface area contributed by atoms with Crippen LogP contribution < -0.4 is 20.1 Å². The van der Waals surface area contributed by atoms with Crippen molar-refractivity contribution in [3.63, 3.8) is 0 Å². The van der Waals surface area contributed by atoms with Gasteiger partial charge in [-0.05, 0) is 31.2 Å². The SMILES string of the molecule is Cc1nc(Nc2ccc3c(c2)OCCO3)cc(Nc2ccccc2Cl)n1. The van der Waals surface area contributed by atoms with E-state index in [1.807, 2.05) is 55.5 Å². The Bertz CT molecular complexity index is 949. The van der Waals surface area contributed by atoms with Crippen molar-refractivity contribution in [3.8, 4) is 11.5 Å². The first-order chi connectivity index (χ1) is 12.7. The summed E-state index contributed by atoms with van der Waals surface area (Å²) in [5, 5.41) is 7.13. The minimum absolute atomic E-state index is 0.551. The van der Waals surface area contributed by atoms with E-state index < -0.39 is 0 Å². The fraction of sp³-hybridized carbons (Fsp3) is 0.158. The van der Waals surface area contributed by atoms with Crippen LogP contribution in [0.1, 0.15) is 5.82 Å². The number of nitrogens with zero attached hydrogens (tertiary/aromatic N) is 2. The van der Waals surface area contributed by atoms with Crippen LogP contribution in [0.2, 0.25) is 5.02 Å². The molecule has 0 radical (unpaired) electrons. The number of benzene rings is 2. The fourth-order valence-electron chi connectivity index (χ4n) is 2.67. The third-order valence-electron chi connectivity index (χ3n) is 3.79. The first kappa shape index (κ1) is 16.5. The van der Waals surface area contributed by atoms with E-state index in [1.54, 1.807) is 0 Å². The number of hydrogen-bond acceptors (Lipinski definition) is 6. The maximum absolute atomic E-state index is 6.20. The molecule has 0 spiro atoms. The van der Waals surface area contributed by atoms with Crippen molar-refractivity contribution in [1.82, 2.24) is 9.97 Å². The smallest absolute Gasteiger partial charge is 0.163 e. The lowest BCUT2D eigenvalue weighted by atomic mass is 10.2. The summed E-state index contributed by atoms with van der Waals surface area (Å²) in [6.07, 6.45) is 0. The molecular formula is C19H17ClN4O2. The Labute approximate surface area is 156 Å². The molecular weight excluding hydrogens is 352 g/mol. The molecule has 132 valence electrons. The van der Waals surface area contributed by atoms with Gasteiger partial charge in [0.2, 0.25) is 0 Å². The molecule has 0 aliphatic carbocycles. The van der Waals surface area contributed by atoms with Gasteiger partial charge in [-0.25, -0.2) is 9.97 Å². The van der Waals surface area contributed by atoms with Crippen LogP contribution >= 0.6 is 11.6 Å². The van der Waals surface area contributed by atoms with Crippen LogP contribution in [0, 0.1) is 6.92 Å². The molecule has 7 heteroatoms. The number of fused-ring (bicyclic) bond motifs is 1. The van der Waals surface area contributed by atoms with Gasteiger partial charge in [0.1, 0.15) is 30.7 Å². The molecule has 1 aliphatic rings. The molecule has 2 aromatic carbocycles. The van der Waals surface area contributed by atoms with E-state index in [4.69, 9.17) is 21.1 Å². The molecule has 0 unspecified atom stereocenters. The van der Waals surface area contributed by atoms with E-state index in [2.05, 4.69) is 20.6 Å². The van der Waals surface area contributed by atoms with Crippen molar-refractivity contribution >= 4 is 34.6 Å². The predicted octanol–water partition coefficient (Wildman–Crippen LogP) is 4.70. The second-order valence-electron chi connectivity index (χ2n) is 5.77. The lowest BCUT2D eigenvalue weighted by Crippen LogP contribution is -2.15. The van der Waals surface area contributed by atoms with Gasteiger partial charge in [-0.1, -0.05) is 23.7 Å². The minimum Gasteiger partial charge on any atom is -0.486 e. The van der Waals surface area contributed by atoms with E-state index in [0.717, 1.165) is 22.9 Å². The fourth-order valence-corrected chi connectivity index (χ4v) is 2.85. The Hall–Kier alpha value is -2.99. The van der Waals surface area contributed by atoms with Crippen LogP contribution in [0.25, 0.3) is 0 Å². The number of nitrogens with one attached hydrogen (secondary N) is 2. The highest BCUT2D eigenvalue weighted by Crippen LogP contribution is 2.33. The van der Waals surface area contributed by atoms with Crippen molar-refractivity contribution < 1.29 is 9.47 Å². The number of ether oxygens (including phenoxy) is 2. The van der Waals surface area contributed by atoms with Crippen molar-refractivity contribution in [3.05, 3.63) is 59.4 Å². The molecule has 0 saturated heterocycles. The Morgan fingerprint density at radius 2 is 1.62 bits per heavy atom. The molecule has 1 aliphatic heterocycles. The molecule has 0 saturated carbocycles. The molecule has 26 heavy (non-hydrogen) atoms. The number of hydrogen-bond donors (Lipinski definition) is 2. The third-order valence-corrected chi connectivity index (χ3v) is 4.12. The number of aromatic nitrogens is 2. The van der Waals surface area contributed by atoms with Gasteiger partial charge >= 0.3 is 0 Å². The van der Waals surface area contributed by atoms with Crippen LogP contribution in [0.3, 0.4) is 0 Å². The van der Waals surface area contributed by atoms with Gasteiger partial charge in [0, 0.05) is 17.8 Å². The van der Waals surface area contributed by atoms with E-state index in [0.29, 0.717) is 35.7 Å². The van der Waals surface area contributed by atoms with Crippen LogP contribution in [0.4, 0.5) is 23.0 Å². The third kappa shape index (κ3) is 3.65. The van der Waals surface area contributed by atoms with Gasteiger partial charge in [0.05, 0.1) is 10.7 Å². The zero-order chi connectivity index (χ0) is 17.9. The first-order valence-corrected chi connectivity index (χ1v) is 8.59. The first-order valence-electron chi connectivity index (χ1n) is 8.21. The number of rotatable bonds is 4. The standard InChI is InChI=1S/C19H17ClN4O2/c1-12-21-18(11-19(22-12)24-15-5-3-2-4-14(15)20)23-13-6-7-16-17(10-13)26-9-8-25-16/h2-7,10-11H,8-9H2,1H3,(H2,21,22,23,24). The second kappa shape index (κ2) is 7.09. The summed E-state index contributed by atoms with van der Waals surface area (Å²) in [4.78, 5) is 8.85. The monoisotopic (exact) mass is 368 g/mol. The summed E-state index contributed by atoms with van der Waals surface area (Å²) in [6.45, 7) is 2.96. The Morgan fingerprint density at radius 1 is 0.885 bits per heavy atom. The zero-order valence-electron chi connectivity index (χ0n) is 14.1. The number of anilines is 4. The van der Waals surface area contributed by atoms with Crippen molar-refractivity contribution in [2.24, 2.45) is 0 Å². The van der Waals surface area contributed by atoms with Gasteiger partial charge in [0.25, 0.3) is 0 Å². The average Bonchev–Trinajstić information content (AvgIpc) is 2.63. The Kier molecular flexibility index (Phi) is 4.50. The van der Waals surface area contributed by atoms with Crippen LogP contribution in [0.15, 0.2) is 48.5 Å². The van der Waals surface area contributed by atoms with E-state index >= 15 is 0 Å². The van der Waals surface area contributed by atoms with Crippen molar-refractivity contribution in [2.75, 3.05) is 23.8 Å². The summed E-state index contributed by atoms with van der Waals surface area (Å²) in [5.41, 5.74) is 1.65. The quantitative estimate of drug-likeness (QED) is 0.695. The number of aryl methyl sites for hydroxylation is 1. The molecule has 2 heterocycles. The van der Waals surface area contributed by atoms with Crippen LogP contribution in [-0.2, 0) is 0 Å². The highest BCUT2D eigenvalue weighted by molar-refractivity contribution is 6.33. The molecule has 0 atom stereocenters. The van der Waals surface area contributed by atoms with Gasteiger partial charge in [-0.3, -0.25) is 0 Å². The summed E-state index contributed by atoms with van der Waals surface area (Å²) < 4.78 is 11.2. The van der Waals surface area contributed by atoms with Crippen LogP contribution in [0.5, 0.6) is 11.5 Å². The normalized spacial score (nSPS) is 12.5. The van der Waals surface area contributed by atoms with Gasteiger partial charge in [-0.15, -0.1) is 0 Å². The van der Waals surface area contributed by atoms with E-state index in [9.17, 15) is 0 Å². The molecule has 3 aromatic rings. The maximum atomic E-state index is 6.20. The minimum atomic E-state index is 0.551. The predicted molar refractivity (Wildman–Crippen MR) is 102 cm³/mol. The average molecular weight is 369 g/mol. The number of halogens is 1. The highest BCUT2D eigenvalue weighted by atomic mass is 35.5. The molecule has 6 nitrogen and oxygen atoms in total. The number of para-hydroxylation sites is 1. The highest BCUT2D eigenvalue weighted by Gasteiger charge is 2.12. The van der Waals surface area contributed by atoms with E-state index in [-0.39, 0.29) is 0 Å². The van der Waals surface area contributed by atoms with Crippen molar-refractivity contribution in [2.45, 2.75) is 6.92 Å². The molecule has 0 amide bonds.